The molecule has 0 aliphatic carbocycles. The Morgan fingerprint density at radius 3 is 2.47 bits per heavy atom. The minimum atomic E-state index is -3.59. The highest BCUT2D eigenvalue weighted by molar-refractivity contribution is 7.89. The van der Waals surface area contributed by atoms with Crippen molar-refractivity contribution in [3.05, 3.63) is 53.6 Å². The van der Waals surface area contributed by atoms with Crippen molar-refractivity contribution in [2.75, 3.05) is 45.2 Å². The van der Waals surface area contributed by atoms with Gasteiger partial charge in [-0.2, -0.15) is 0 Å². The summed E-state index contributed by atoms with van der Waals surface area (Å²) in [5.74, 6) is 0.642. The lowest BCUT2D eigenvalue weighted by molar-refractivity contribution is 0.164. The summed E-state index contributed by atoms with van der Waals surface area (Å²) in [7, 11) is 0.103. The number of nitrogens with one attached hydrogen (secondary N) is 1. The molecule has 1 atom stereocenters. The summed E-state index contributed by atoms with van der Waals surface area (Å²) in [6.07, 6.45) is 4.62. The van der Waals surface area contributed by atoms with Crippen LogP contribution >= 0.6 is 0 Å². The Morgan fingerprint density at radius 1 is 1.03 bits per heavy atom. The molecule has 2 aromatic rings. The number of hydrogen-bond acceptors (Lipinski definition) is 5. The summed E-state index contributed by atoms with van der Waals surface area (Å²) in [4.78, 5) is 4.97. The van der Waals surface area contributed by atoms with Crippen LogP contribution in [-0.2, 0) is 16.4 Å². The fraction of sp³-hybridized carbons (Fsp3) is 0.478. The molecule has 0 aromatic heterocycles. The van der Waals surface area contributed by atoms with E-state index in [2.05, 4.69) is 39.8 Å². The first-order chi connectivity index (χ1) is 14.5. The van der Waals surface area contributed by atoms with Crippen LogP contribution in [0.5, 0.6) is 5.75 Å². The molecule has 2 heterocycles. The maximum atomic E-state index is 12.9. The van der Waals surface area contributed by atoms with E-state index >= 15 is 0 Å². The van der Waals surface area contributed by atoms with Crippen molar-refractivity contribution in [2.45, 2.75) is 36.6 Å². The number of rotatable bonds is 7. The molecule has 1 N–H and O–H groups in total. The van der Waals surface area contributed by atoms with Crippen LogP contribution in [0.3, 0.4) is 0 Å². The van der Waals surface area contributed by atoms with Gasteiger partial charge in [0, 0.05) is 31.9 Å². The second-order valence-corrected chi connectivity index (χ2v) is 9.97. The van der Waals surface area contributed by atoms with Gasteiger partial charge in [-0.25, -0.2) is 13.1 Å². The van der Waals surface area contributed by atoms with Crippen molar-refractivity contribution in [3.63, 3.8) is 0 Å². The van der Waals surface area contributed by atoms with Gasteiger partial charge in [0.25, 0.3) is 0 Å². The Balaban J connectivity index is 1.56. The summed E-state index contributed by atoms with van der Waals surface area (Å²) in [6, 6.07) is 13.2. The summed E-state index contributed by atoms with van der Waals surface area (Å²) in [5.41, 5.74) is 3.84. The number of nitrogens with zero attached hydrogens (tertiary/aromatic N) is 2. The molecule has 0 saturated carbocycles. The number of likely N-dealkylation sites (tertiary alicyclic amines) is 1. The number of sulfonamides is 1. The van der Waals surface area contributed by atoms with Gasteiger partial charge in [0.15, 0.2) is 0 Å². The third kappa shape index (κ3) is 4.48. The molecule has 30 heavy (non-hydrogen) atoms. The second kappa shape index (κ2) is 8.96. The number of ether oxygens (including phenoxy) is 1. The summed E-state index contributed by atoms with van der Waals surface area (Å²) >= 11 is 0. The van der Waals surface area contributed by atoms with Gasteiger partial charge in [0.2, 0.25) is 10.0 Å². The largest absolute Gasteiger partial charge is 0.497 e. The summed E-state index contributed by atoms with van der Waals surface area (Å²) < 4.78 is 33.8. The van der Waals surface area contributed by atoms with Crippen molar-refractivity contribution < 1.29 is 13.2 Å². The number of benzene rings is 2. The fourth-order valence-electron chi connectivity index (χ4n) is 4.51. The van der Waals surface area contributed by atoms with E-state index in [0.29, 0.717) is 12.3 Å². The Labute approximate surface area is 179 Å². The molecule has 2 aliphatic rings. The molecule has 0 radical (unpaired) electrons. The van der Waals surface area contributed by atoms with Gasteiger partial charge in [-0.3, -0.25) is 4.90 Å². The Hall–Kier alpha value is -2.09. The van der Waals surface area contributed by atoms with Gasteiger partial charge < -0.3 is 9.64 Å². The van der Waals surface area contributed by atoms with Gasteiger partial charge in [-0.1, -0.05) is 18.6 Å². The van der Waals surface area contributed by atoms with E-state index in [1.165, 1.54) is 23.2 Å². The summed E-state index contributed by atoms with van der Waals surface area (Å²) in [5, 5.41) is 0. The van der Waals surface area contributed by atoms with Gasteiger partial charge in [-0.05, 0) is 73.8 Å². The molecule has 0 unspecified atom stereocenters. The minimum Gasteiger partial charge on any atom is -0.497 e. The van der Waals surface area contributed by atoms with Crippen LogP contribution in [0, 0.1) is 0 Å². The lowest BCUT2D eigenvalue weighted by atomic mass is 9.99. The molecular weight excluding hydrogens is 398 g/mol. The number of anilines is 1. The van der Waals surface area contributed by atoms with E-state index in [4.69, 9.17) is 4.74 Å². The Morgan fingerprint density at radius 2 is 1.77 bits per heavy atom. The third-order valence-corrected chi connectivity index (χ3v) is 7.72. The molecule has 0 amide bonds. The van der Waals surface area contributed by atoms with Crippen molar-refractivity contribution in [1.29, 1.82) is 0 Å². The molecule has 2 aromatic carbocycles. The SMILES string of the molecule is COc1ccc(S(=O)(=O)NC[C@H](c2ccc3c(c2)CCN3C)N2CCCCC2)cc1. The quantitative estimate of drug-likeness (QED) is 0.732. The van der Waals surface area contributed by atoms with E-state index in [-0.39, 0.29) is 10.9 Å². The lowest BCUT2D eigenvalue weighted by Crippen LogP contribution is -2.40. The van der Waals surface area contributed by atoms with E-state index in [9.17, 15) is 8.42 Å². The van der Waals surface area contributed by atoms with Crippen LogP contribution in [0.25, 0.3) is 0 Å². The molecule has 1 fully saturated rings. The number of methoxy groups -OCH3 is 1. The van der Waals surface area contributed by atoms with E-state index < -0.39 is 10.0 Å². The van der Waals surface area contributed by atoms with Gasteiger partial charge >= 0.3 is 0 Å². The predicted octanol–water partition coefficient (Wildman–Crippen LogP) is 3.19. The second-order valence-electron chi connectivity index (χ2n) is 8.20. The standard InChI is InChI=1S/C23H31N3O3S/c1-25-15-12-19-16-18(6-11-22(19)25)23(26-13-4-3-5-14-26)17-24-30(27,28)21-9-7-20(29-2)8-10-21/h6-11,16,23-24H,3-5,12-15,17H2,1-2H3/t23-/m1/s1. The molecular formula is C23H31N3O3S. The van der Waals surface area contributed by atoms with E-state index in [0.717, 1.165) is 38.9 Å². The van der Waals surface area contributed by atoms with Crippen LogP contribution in [0.2, 0.25) is 0 Å². The lowest BCUT2D eigenvalue weighted by Gasteiger charge is -2.35. The minimum absolute atomic E-state index is 0.0366. The third-order valence-electron chi connectivity index (χ3n) is 6.28. The molecule has 0 bridgehead atoms. The first kappa shape index (κ1) is 21.2. The van der Waals surface area contributed by atoms with Crippen LogP contribution in [0.4, 0.5) is 5.69 Å². The maximum Gasteiger partial charge on any atom is 0.240 e. The predicted molar refractivity (Wildman–Crippen MR) is 120 cm³/mol. The number of hydrogen-bond donors (Lipinski definition) is 1. The number of piperidine rings is 1. The monoisotopic (exact) mass is 429 g/mol. The average Bonchev–Trinajstić information content (AvgIpc) is 3.15. The molecule has 4 rings (SSSR count). The fourth-order valence-corrected chi connectivity index (χ4v) is 5.55. The molecule has 7 heteroatoms. The number of likely N-dealkylation sites (N-methyl/N-ethyl adjacent to an activating group) is 1. The zero-order valence-electron chi connectivity index (χ0n) is 17.8. The molecule has 2 aliphatic heterocycles. The van der Waals surface area contributed by atoms with Gasteiger partial charge in [0.05, 0.1) is 12.0 Å². The van der Waals surface area contributed by atoms with Crippen LogP contribution < -0.4 is 14.4 Å². The molecule has 6 nitrogen and oxygen atoms in total. The maximum absolute atomic E-state index is 12.9. The van der Waals surface area contributed by atoms with Crippen molar-refractivity contribution in [3.8, 4) is 5.75 Å². The van der Waals surface area contributed by atoms with Crippen molar-refractivity contribution >= 4 is 15.7 Å². The van der Waals surface area contributed by atoms with E-state index in [1.54, 1.807) is 31.4 Å². The zero-order chi connectivity index (χ0) is 21.1. The number of fused-ring (bicyclic) bond motifs is 1. The highest BCUT2D eigenvalue weighted by Crippen LogP contribution is 2.32. The molecule has 1 saturated heterocycles. The Kier molecular flexibility index (Phi) is 6.32. The first-order valence-corrected chi connectivity index (χ1v) is 12.2. The van der Waals surface area contributed by atoms with Crippen LogP contribution in [0.1, 0.15) is 36.4 Å². The van der Waals surface area contributed by atoms with Gasteiger partial charge in [0.1, 0.15) is 5.75 Å². The van der Waals surface area contributed by atoms with Crippen LogP contribution in [-0.4, -0.2) is 53.7 Å². The summed E-state index contributed by atoms with van der Waals surface area (Å²) in [6.45, 7) is 3.41. The highest BCUT2D eigenvalue weighted by atomic mass is 32.2. The van der Waals surface area contributed by atoms with E-state index in [1.807, 2.05) is 0 Å². The highest BCUT2D eigenvalue weighted by Gasteiger charge is 2.26. The van der Waals surface area contributed by atoms with Gasteiger partial charge in [-0.15, -0.1) is 0 Å². The zero-order valence-corrected chi connectivity index (χ0v) is 18.6. The Bertz CT molecular complexity index is 970. The van der Waals surface area contributed by atoms with Crippen LogP contribution in [0.15, 0.2) is 47.4 Å². The smallest absolute Gasteiger partial charge is 0.240 e. The molecule has 0 spiro atoms. The topological polar surface area (TPSA) is 61.9 Å². The van der Waals surface area contributed by atoms with Crippen molar-refractivity contribution in [1.82, 2.24) is 9.62 Å². The van der Waals surface area contributed by atoms with Crippen molar-refractivity contribution in [2.24, 2.45) is 0 Å². The molecule has 162 valence electrons. The first-order valence-electron chi connectivity index (χ1n) is 10.7. The normalized spacial score (nSPS) is 18.3. The average molecular weight is 430 g/mol.